The Kier molecular flexibility index (Phi) is 60.3. The van der Waals surface area contributed by atoms with Gasteiger partial charge >= 0.3 is 39.5 Å². The van der Waals surface area contributed by atoms with Crippen LogP contribution in [0.5, 0.6) is 0 Å². The van der Waals surface area contributed by atoms with Crippen LogP contribution in [-0.4, -0.2) is 96.7 Å². The summed E-state index contributed by atoms with van der Waals surface area (Å²) in [4.78, 5) is 72.7. The fourth-order valence-corrected chi connectivity index (χ4v) is 12.4. The number of phosphoric acid groups is 2. The Balaban J connectivity index is 5.28. The quantitative estimate of drug-likeness (QED) is 0.0222. The van der Waals surface area contributed by atoms with Gasteiger partial charge in [0.2, 0.25) is 0 Å². The molecule has 0 aliphatic rings. The normalized spacial score (nSPS) is 14.8. The Labute approximate surface area is 556 Å². The van der Waals surface area contributed by atoms with E-state index in [1.807, 2.05) is 0 Å². The molecule has 19 heteroatoms. The van der Waals surface area contributed by atoms with Gasteiger partial charge in [0, 0.05) is 25.7 Å². The summed E-state index contributed by atoms with van der Waals surface area (Å²) in [6.07, 6.45) is 44.3. The Morgan fingerprint density at radius 2 is 0.527 bits per heavy atom. The minimum atomic E-state index is -4.95. The van der Waals surface area contributed by atoms with Crippen molar-refractivity contribution >= 4 is 39.5 Å². The average molecular weight is 1340 g/mol. The van der Waals surface area contributed by atoms with Crippen LogP contribution in [0.1, 0.15) is 357 Å². The van der Waals surface area contributed by atoms with Crippen molar-refractivity contribution in [3.05, 3.63) is 0 Å². The van der Waals surface area contributed by atoms with Gasteiger partial charge in [-0.15, -0.1) is 0 Å². The van der Waals surface area contributed by atoms with Crippen LogP contribution < -0.4 is 0 Å². The van der Waals surface area contributed by atoms with Crippen LogP contribution in [0.2, 0.25) is 0 Å². The van der Waals surface area contributed by atoms with Crippen molar-refractivity contribution in [2.75, 3.05) is 39.6 Å². The fraction of sp³-hybridized carbons (Fsp3) is 0.944. The molecule has 0 spiro atoms. The van der Waals surface area contributed by atoms with E-state index in [1.54, 1.807) is 0 Å². The summed E-state index contributed by atoms with van der Waals surface area (Å²) in [6, 6.07) is 0. The summed E-state index contributed by atoms with van der Waals surface area (Å²) in [5, 5.41) is 10.6. The lowest BCUT2D eigenvalue weighted by molar-refractivity contribution is -0.161. The lowest BCUT2D eigenvalue weighted by atomic mass is 9.99. The Hall–Kier alpha value is -1.94. The molecule has 91 heavy (non-hydrogen) atoms. The van der Waals surface area contributed by atoms with Crippen molar-refractivity contribution in [2.45, 2.75) is 375 Å². The standard InChI is InChI=1S/C72H140O17P2/c1-9-64(7)50-42-34-26-17-11-13-19-30-38-46-54-71(76)88-67(58-82-69(74)52-44-36-28-21-15-16-24-32-40-48-62(3)4)60-86-90(78,79)84-56-66(73)57-85-91(80,81)87-61-68(59-83-70(75)53-45-37-29-23-22-25-33-41-49-63(5)6)89-72(77)55-47-39-31-20-14-12-18-27-35-43-51-65(8)10-2/h62-68,73H,9-61H2,1-8H3,(H,78,79)(H,80,81)/t64?,65?,66?,67-,68-/m1/s1. The van der Waals surface area contributed by atoms with E-state index in [2.05, 4.69) is 55.4 Å². The van der Waals surface area contributed by atoms with E-state index < -0.39 is 97.5 Å². The van der Waals surface area contributed by atoms with Gasteiger partial charge < -0.3 is 33.8 Å². The maximum absolute atomic E-state index is 13.0. The number of hydrogen-bond donors (Lipinski definition) is 3. The highest BCUT2D eigenvalue weighted by Gasteiger charge is 2.30. The van der Waals surface area contributed by atoms with Crippen LogP contribution in [0.3, 0.4) is 0 Å². The Bertz CT molecular complexity index is 1800. The molecule has 0 amide bonds. The Morgan fingerprint density at radius 3 is 0.780 bits per heavy atom. The molecule has 0 radical (unpaired) electrons. The van der Waals surface area contributed by atoms with E-state index in [0.717, 1.165) is 114 Å². The number of carbonyl (C=O) groups excluding carboxylic acids is 4. The van der Waals surface area contributed by atoms with E-state index in [1.165, 1.54) is 161 Å². The lowest BCUT2D eigenvalue weighted by Gasteiger charge is -2.21. The maximum Gasteiger partial charge on any atom is 0.472 e. The first-order valence-corrected chi connectivity index (χ1v) is 40.3. The van der Waals surface area contributed by atoms with Crippen LogP contribution in [0.4, 0.5) is 0 Å². The summed E-state index contributed by atoms with van der Waals surface area (Å²) < 4.78 is 68.4. The molecule has 0 aromatic rings. The summed E-state index contributed by atoms with van der Waals surface area (Å²) in [7, 11) is -9.91. The zero-order valence-electron chi connectivity index (χ0n) is 59.5. The van der Waals surface area contributed by atoms with Crippen molar-refractivity contribution in [1.82, 2.24) is 0 Å². The molecule has 3 N–H and O–H groups in total. The van der Waals surface area contributed by atoms with E-state index in [4.69, 9.17) is 37.0 Å². The second-order valence-corrected chi connectivity index (χ2v) is 30.3. The third kappa shape index (κ3) is 63.9. The predicted molar refractivity (Wildman–Crippen MR) is 367 cm³/mol. The molecule has 17 nitrogen and oxygen atoms in total. The molecule has 0 bridgehead atoms. The zero-order chi connectivity index (χ0) is 67.5. The number of ether oxygens (including phenoxy) is 4. The van der Waals surface area contributed by atoms with Gasteiger partial charge in [0.05, 0.1) is 26.4 Å². The number of aliphatic hydroxyl groups excluding tert-OH is 1. The molecule has 0 saturated carbocycles. The smallest absolute Gasteiger partial charge is 0.462 e. The molecule has 0 fully saturated rings. The minimum Gasteiger partial charge on any atom is -0.462 e. The van der Waals surface area contributed by atoms with Gasteiger partial charge in [-0.3, -0.25) is 37.3 Å². The van der Waals surface area contributed by atoms with E-state index >= 15 is 0 Å². The Morgan fingerprint density at radius 1 is 0.308 bits per heavy atom. The van der Waals surface area contributed by atoms with Gasteiger partial charge in [0.15, 0.2) is 12.2 Å². The van der Waals surface area contributed by atoms with Crippen LogP contribution in [0.25, 0.3) is 0 Å². The number of esters is 4. The van der Waals surface area contributed by atoms with Gasteiger partial charge in [-0.25, -0.2) is 9.13 Å². The first-order valence-electron chi connectivity index (χ1n) is 37.3. The van der Waals surface area contributed by atoms with Crippen LogP contribution >= 0.6 is 15.6 Å². The van der Waals surface area contributed by atoms with Crippen LogP contribution in [-0.2, 0) is 65.4 Å². The number of carbonyl (C=O) groups is 4. The monoisotopic (exact) mass is 1340 g/mol. The van der Waals surface area contributed by atoms with Gasteiger partial charge in [0.25, 0.3) is 0 Å². The first kappa shape index (κ1) is 89.1. The third-order valence-electron chi connectivity index (χ3n) is 17.3. The molecule has 0 aromatic heterocycles. The van der Waals surface area contributed by atoms with Crippen molar-refractivity contribution in [1.29, 1.82) is 0 Å². The van der Waals surface area contributed by atoms with E-state index in [0.29, 0.717) is 25.7 Å². The van der Waals surface area contributed by atoms with Crippen molar-refractivity contribution in [3.8, 4) is 0 Å². The SMILES string of the molecule is CCC(C)CCCCCCCCCCCCC(=O)O[C@H](COC(=O)CCCCCCCCCCCC(C)C)COP(=O)(O)OCC(O)COP(=O)(O)OC[C@@H](COC(=O)CCCCCCCCCCC(C)C)OC(=O)CCCCCCCCCCCCC(C)CC. The minimum absolute atomic E-state index is 0.105. The number of rotatable bonds is 69. The first-order chi connectivity index (χ1) is 43.7. The predicted octanol–water partition coefficient (Wildman–Crippen LogP) is 20.5. The second kappa shape index (κ2) is 61.6. The summed E-state index contributed by atoms with van der Waals surface area (Å²) >= 11 is 0. The molecule has 0 rings (SSSR count). The summed E-state index contributed by atoms with van der Waals surface area (Å²) in [5.41, 5.74) is 0. The average Bonchev–Trinajstić information content (AvgIpc) is 3.70. The van der Waals surface area contributed by atoms with Gasteiger partial charge in [-0.1, -0.05) is 306 Å². The number of hydrogen-bond acceptors (Lipinski definition) is 15. The molecule has 0 aliphatic heterocycles. The van der Waals surface area contributed by atoms with Crippen molar-refractivity contribution in [3.63, 3.8) is 0 Å². The molecule has 540 valence electrons. The zero-order valence-corrected chi connectivity index (χ0v) is 61.3. The molecule has 5 unspecified atom stereocenters. The largest absolute Gasteiger partial charge is 0.472 e. The number of aliphatic hydroxyl groups is 1. The fourth-order valence-electron chi connectivity index (χ4n) is 10.8. The van der Waals surface area contributed by atoms with Crippen molar-refractivity contribution < 1.29 is 80.2 Å². The maximum atomic E-state index is 13.0. The summed E-state index contributed by atoms with van der Waals surface area (Å²) in [5.74, 6) is 0.949. The highest BCUT2D eigenvalue weighted by Crippen LogP contribution is 2.45. The molecule has 7 atom stereocenters. The van der Waals surface area contributed by atoms with Crippen LogP contribution in [0.15, 0.2) is 0 Å². The highest BCUT2D eigenvalue weighted by atomic mass is 31.2. The highest BCUT2D eigenvalue weighted by molar-refractivity contribution is 7.47. The van der Waals surface area contributed by atoms with Gasteiger partial charge in [-0.2, -0.15) is 0 Å². The van der Waals surface area contributed by atoms with E-state index in [-0.39, 0.29) is 25.7 Å². The van der Waals surface area contributed by atoms with Gasteiger partial charge in [-0.05, 0) is 49.4 Å². The number of phosphoric ester groups is 2. The topological polar surface area (TPSA) is 237 Å². The van der Waals surface area contributed by atoms with E-state index in [9.17, 15) is 43.2 Å². The third-order valence-corrected chi connectivity index (χ3v) is 19.2. The molecular formula is C72H140O17P2. The molecule has 0 heterocycles. The van der Waals surface area contributed by atoms with Crippen LogP contribution in [0, 0.1) is 23.7 Å². The molecule has 0 aromatic carbocycles. The summed E-state index contributed by atoms with van der Waals surface area (Å²) in [6.45, 7) is 14.2. The molecule has 0 saturated heterocycles. The second-order valence-electron chi connectivity index (χ2n) is 27.4. The van der Waals surface area contributed by atoms with Gasteiger partial charge in [0.1, 0.15) is 19.3 Å². The number of unbranched alkanes of at least 4 members (excludes halogenated alkanes) is 33. The lowest BCUT2D eigenvalue weighted by Crippen LogP contribution is -2.30. The van der Waals surface area contributed by atoms with Crippen molar-refractivity contribution in [2.24, 2.45) is 23.7 Å². The molecule has 0 aliphatic carbocycles. The molecular weight excluding hydrogens is 1200 g/mol.